The molecule has 1 aliphatic carbocycles. The van der Waals surface area contributed by atoms with Gasteiger partial charge in [0.25, 0.3) is 0 Å². The summed E-state index contributed by atoms with van der Waals surface area (Å²) in [6.45, 7) is 0. The van der Waals surface area contributed by atoms with E-state index in [0.29, 0.717) is 6.42 Å². The third-order valence-electron chi connectivity index (χ3n) is 2.61. The lowest BCUT2D eigenvalue weighted by Gasteiger charge is -2.32. The molecule has 0 heterocycles. The highest BCUT2D eigenvalue weighted by molar-refractivity contribution is 5.49. The van der Waals surface area contributed by atoms with E-state index in [0.717, 1.165) is 25.5 Å². The normalized spacial score (nSPS) is 23.0. The number of hydrogen-bond donors (Lipinski definition) is 1. The van der Waals surface area contributed by atoms with Crippen molar-refractivity contribution in [3.05, 3.63) is 0 Å². The van der Waals surface area contributed by atoms with Crippen molar-refractivity contribution in [3.8, 4) is 0 Å². The molecule has 0 aromatic carbocycles. The zero-order valence-corrected chi connectivity index (χ0v) is 7.01. The molecular formula is C9H17NO. The van der Waals surface area contributed by atoms with Crippen molar-refractivity contribution in [2.24, 2.45) is 5.73 Å². The molecule has 2 N–H and O–H groups in total. The van der Waals surface area contributed by atoms with Gasteiger partial charge in [0.15, 0.2) is 0 Å². The van der Waals surface area contributed by atoms with E-state index >= 15 is 0 Å². The van der Waals surface area contributed by atoms with Crippen molar-refractivity contribution in [1.29, 1.82) is 0 Å². The van der Waals surface area contributed by atoms with E-state index in [1.165, 1.54) is 19.3 Å². The third kappa shape index (κ3) is 2.62. The average Bonchev–Trinajstić information content (AvgIpc) is 2.03. The van der Waals surface area contributed by atoms with Gasteiger partial charge in [-0.15, -0.1) is 0 Å². The Balaban J connectivity index is 2.30. The van der Waals surface area contributed by atoms with Gasteiger partial charge in [-0.1, -0.05) is 19.3 Å². The number of carbonyl (C=O) groups is 1. The minimum atomic E-state index is -0.000833. The topological polar surface area (TPSA) is 43.1 Å². The summed E-state index contributed by atoms with van der Waals surface area (Å²) in [4.78, 5) is 10.1. The molecule has 0 bridgehead atoms. The molecule has 1 fully saturated rings. The smallest absolute Gasteiger partial charge is 0.120 e. The van der Waals surface area contributed by atoms with Crippen LogP contribution in [0.1, 0.15) is 44.9 Å². The van der Waals surface area contributed by atoms with Crippen molar-refractivity contribution in [1.82, 2.24) is 0 Å². The molecule has 2 nitrogen and oxygen atoms in total. The molecule has 0 spiro atoms. The van der Waals surface area contributed by atoms with E-state index < -0.39 is 0 Å². The number of hydrogen-bond acceptors (Lipinski definition) is 2. The molecule has 1 saturated carbocycles. The van der Waals surface area contributed by atoms with Crippen LogP contribution in [-0.4, -0.2) is 11.8 Å². The van der Waals surface area contributed by atoms with Gasteiger partial charge in [0.2, 0.25) is 0 Å². The predicted octanol–water partition coefficient (Wildman–Crippen LogP) is 1.63. The fraction of sp³-hybridized carbons (Fsp3) is 0.889. The van der Waals surface area contributed by atoms with E-state index in [2.05, 4.69) is 0 Å². The van der Waals surface area contributed by atoms with Crippen molar-refractivity contribution < 1.29 is 4.79 Å². The Labute approximate surface area is 68.2 Å². The van der Waals surface area contributed by atoms with Crippen LogP contribution in [-0.2, 0) is 4.79 Å². The van der Waals surface area contributed by atoms with Crippen molar-refractivity contribution >= 4 is 6.29 Å². The Bertz CT molecular complexity index is 128. The highest BCUT2D eigenvalue weighted by Crippen LogP contribution is 2.29. The fourth-order valence-electron chi connectivity index (χ4n) is 1.85. The molecule has 0 aromatic rings. The first-order chi connectivity index (χ1) is 5.27. The maximum atomic E-state index is 10.1. The maximum absolute atomic E-state index is 10.1. The van der Waals surface area contributed by atoms with Gasteiger partial charge in [-0.3, -0.25) is 0 Å². The highest BCUT2D eigenvalue weighted by atomic mass is 16.1. The van der Waals surface area contributed by atoms with Crippen LogP contribution < -0.4 is 5.73 Å². The van der Waals surface area contributed by atoms with E-state index in [1.54, 1.807) is 0 Å². The maximum Gasteiger partial charge on any atom is 0.120 e. The van der Waals surface area contributed by atoms with Crippen LogP contribution in [0.2, 0.25) is 0 Å². The zero-order valence-electron chi connectivity index (χ0n) is 7.01. The molecule has 0 aromatic heterocycles. The van der Waals surface area contributed by atoms with Gasteiger partial charge in [-0.2, -0.15) is 0 Å². The minimum absolute atomic E-state index is 0.000833. The SMILES string of the molecule is NC1(CCC=O)CCCCC1. The summed E-state index contributed by atoms with van der Waals surface area (Å²) >= 11 is 0. The van der Waals surface area contributed by atoms with Gasteiger partial charge in [0, 0.05) is 12.0 Å². The molecule has 0 saturated heterocycles. The summed E-state index contributed by atoms with van der Waals surface area (Å²) in [6.07, 6.45) is 8.53. The molecule has 64 valence electrons. The van der Waals surface area contributed by atoms with Gasteiger partial charge in [-0.25, -0.2) is 0 Å². The van der Waals surface area contributed by atoms with Crippen molar-refractivity contribution in [2.45, 2.75) is 50.5 Å². The molecule has 11 heavy (non-hydrogen) atoms. The van der Waals surface area contributed by atoms with Crippen LogP contribution in [0.15, 0.2) is 0 Å². The molecule has 2 heteroatoms. The van der Waals surface area contributed by atoms with Crippen LogP contribution >= 0.6 is 0 Å². The summed E-state index contributed by atoms with van der Waals surface area (Å²) in [7, 11) is 0. The lowest BCUT2D eigenvalue weighted by molar-refractivity contribution is -0.108. The number of carbonyl (C=O) groups excluding carboxylic acids is 1. The van der Waals surface area contributed by atoms with Crippen molar-refractivity contribution in [2.75, 3.05) is 0 Å². The number of nitrogens with two attached hydrogens (primary N) is 1. The van der Waals surface area contributed by atoms with Gasteiger partial charge in [0.05, 0.1) is 0 Å². The summed E-state index contributed by atoms with van der Waals surface area (Å²) in [6, 6.07) is 0. The summed E-state index contributed by atoms with van der Waals surface area (Å²) in [5.41, 5.74) is 6.09. The van der Waals surface area contributed by atoms with E-state index in [-0.39, 0.29) is 5.54 Å². The standard InChI is InChI=1S/C9H17NO/c10-9(7-4-8-11)5-2-1-3-6-9/h8H,1-7,10H2. The third-order valence-corrected chi connectivity index (χ3v) is 2.61. The Kier molecular flexibility index (Phi) is 3.06. The highest BCUT2D eigenvalue weighted by Gasteiger charge is 2.26. The molecule has 1 rings (SSSR count). The lowest BCUT2D eigenvalue weighted by Crippen LogP contribution is -2.41. The second kappa shape index (κ2) is 3.86. The van der Waals surface area contributed by atoms with Gasteiger partial charge in [-0.05, 0) is 19.3 Å². The Morgan fingerprint density at radius 2 is 1.91 bits per heavy atom. The Morgan fingerprint density at radius 3 is 2.45 bits per heavy atom. The Morgan fingerprint density at radius 1 is 1.27 bits per heavy atom. The van der Waals surface area contributed by atoms with Crippen LogP contribution in [0, 0.1) is 0 Å². The second-order valence-corrected chi connectivity index (χ2v) is 3.63. The summed E-state index contributed by atoms with van der Waals surface area (Å²) in [5, 5.41) is 0. The number of aldehydes is 1. The second-order valence-electron chi connectivity index (χ2n) is 3.63. The fourth-order valence-corrected chi connectivity index (χ4v) is 1.85. The molecule has 0 aliphatic heterocycles. The monoisotopic (exact) mass is 155 g/mol. The molecule has 1 aliphatic rings. The first-order valence-electron chi connectivity index (χ1n) is 4.49. The van der Waals surface area contributed by atoms with Crippen LogP contribution in [0.5, 0.6) is 0 Å². The quantitative estimate of drug-likeness (QED) is 0.629. The number of rotatable bonds is 3. The van der Waals surface area contributed by atoms with Crippen molar-refractivity contribution in [3.63, 3.8) is 0 Å². The largest absolute Gasteiger partial charge is 0.325 e. The molecule has 0 unspecified atom stereocenters. The van der Waals surface area contributed by atoms with E-state index in [4.69, 9.17) is 5.73 Å². The van der Waals surface area contributed by atoms with Crippen LogP contribution in [0.25, 0.3) is 0 Å². The average molecular weight is 155 g/mol. The first-order valence-corrected chi connectivity index (χ1v) is 4.49. The predicted molar refractivity (Wildman–Crippen MR) is 45.3 cm³/mol. The van der Waals surface area contributed by atoms with Crippen LogP contribution in [0.3, 0.4) is 0 Å². The van der Waals surface area contributed by atoms with Gasteiger partial charge in [0.1, 0.15) is 6.29 Å². The van der Waals surface area contributed by atoms with Crippen LogP contribution in [0.4, 0.5) is 0 Å². The molecule has 0 atom stereocenters. The molecule has 0 radical (unpaired) electrons. The van der Waals surface area contributed by atoms with Gasteiger partial charge >= 0.3 is 0 Å². The molecule has 0 amide bonds. The summed E-state index contributed by atoms with van der Waals surface area (Å²) in [5.74, 6) is 0. The minimum Gasteiger partial charge on any atom is -0.325 e. The van der Waals surface area contributed by atoms with E-state index in [9.17, 15) is 4.79 Å². The Hall–Kier alpha value is -0.370. The molecular weight excluding hydrogens is 138 g/mol. The first kappa shape index (κ1) is 8.72. The van der Waals surface area contributed by atoms with Gasteiger partial charge < -0.3 is 10.5 Å². The van der Waals surface area contributed by atoms with E-state index in [1.807, 2.05) is 0 Å². The lowest BCUT2D eigenvalue weighted by atomic mass is 9.79. The summed E-state index contributed by atoms with van der Waals surface area (Å²) < 4.78 is 0. The zero-order chi connectivity index (χ0) is 8.16.